The second kappa shape index (κ2) is 7.04. The van der Waals surface area contributed by atoms with Crippen LogP contribution in [-0.2, 0) is 9.53 Å². The van der Waals surface area contributed by atoms with Crippen molar-refractivity contribution in [1.29, 1.82) is 0 Å². The Labute approximate surface area is 140 Å². The number of nitrogens with two attached hydrogens (primary N) is 1. The third-order valence-electron chi connectivity index (χ3n) is 3.70. The predicted molar refractivity (Wildman–Crippen MR) is 81.5 cm³/mol. The summed E-state index contributed by atoms with van der Waals surface area (Å²) in [4.78, 5) is 35.0. The average molecular weight is 363 g/mol. The van der Waals surface area contributed by atoms with Crippen LogP contribution in [0, 0.1) is 0 Å². The van der Waals surface area contributed by atoms with E-state index in [2.05, 4.69) is 12.8 Å². The van der Waals surface area contributed by atoms with Crippen LogP contribution >= 0.6 is 12.8 Å². The number of carboxylic acids is 1. The number of ether oxygens (including phenoxy) is 1. The summed E-state index contributed by atoms with van der Waals surface area (Å²) >= 11 is 3.74. The molecule has 1 saturated heterocycles. The quantitative estimate of drug-likeness (QED) is 0.294. The molecule has 1 unspecified atom stereocenters. The van der Waals surface area contributed by atoms with Crippen LogP contribution in [0.1, 0.15) is 24.3 Å². The molecule has 1 aliphatic rings. The molecule has 134 valence electrons. The lowest BCUT2D eigenvalue weighted by Gasteiger charge is -2.20. The zero-order valence-corrected chi connectivity index (χ0v) is 13.1. The van der Waals surface area contributed by atoms with Crippen molar-refractivity contribution in [1.82, 2.24) is 8.54 Å². The van der Waals surface area contributed by atoms with Crippen molar-refractivity contribution in [2.75, 3.05) is 6.61 Å². The highest BCUT2D eigenvalue weighted by Gasteiger charge is 2.44. The van der Waals surface area contributed by atoms with Gasteiger partial charge < -0.3 is 30.9 Å². The van der Waals surface area contributed by atoms with E-state index in [-0.39, 0.29) is 5.56 Å². The van der Waals surface area contributed by atoms with Crippen LogP contribution in [0.4, 0.5) is 0 Å². The van der Waals surface area contributed by atoms with Crippen LogP contribution < -0.4 is 17.0 Å². The molecular weight excluding hydrogens is 346 g/mol. The van der Waals surface area contributed by atoms with Crippen molar-refractivity contribution >= 4 is 18.8 Å². The topological polar surface area (TPSA) is 177 Å². The van der Waals surface area contributed by atoms with Gasteiger partial charge in [-0.1, -0.05) is 12.8 Å². The first-order chi connectivity index (χ1) is 11.2. The Bertz CT molecular complexity index is 747. The Kier molecular flexibility index (Phi) is 5.47. The third kappa shape index (κ3) is 3.24. The Hall–Kier alpha value is -1.70. The van der Waals surface area contributed by atoms with Gasteiger partial charge in [0.1, 0.15) is 18.3 Å². The van der Waals surface area contributed by atoms with Gasteiger partial charge in [-0.2, -0.15) is 0 Å². The fourth-order valence-corrected chi connectivity index (χ4v) is 2.64. The van der Waals surface area contributed by atoms with E-state index in [1.165, 1.54) is 0 Å². The first-order valence-corrected chi connectivity index (χ1v) is 7.26. The van der Waals surface area contributed by atoms with Crippen LogP contribution in [-0.4, -0.2) is 59.9 Å². The Morgan fingerprint density at radius 2 is 2.00 bits per heavy atom. The van der Waals surface area contributed by atoms with E-state index in [4.69, 9.17) is 20.7 Å². The number of aliphatic hydroxyl groups is 3. The summed E-state index contributed by atoms with van der Waals surface area (Å²) in [6, 6.07) is -1.22. The minimum Gasteiger partial charge on any atom is -0.481 e. The fraction of sp³-hybridized carbons (Fsp3) is 0.583. The lowest BCUT2D eigenvalue weighted by molar-refractivity contribution is -0.137. The molecule has 0 aromatic carbocycles. The molecule has 12 heteroatoms. The van der Waals surface area contributed by atoms with E-state index in [9.17, 15) is 24.6 Å². The minimum atomic E-state index is -1.56. The van der Waals surface area contributed by atoms with Gasteiger partial charge in [0, 0.05) is 12.2 Å². The Balaban J connectivity index is 2.52. The summed E-state index contributed by atoms with van der Waals surface area (Å²) in [5.41, 5.74) is 3.55. The van der Waals surface area contributed by atoms with Crippen molar-refractivity contribution in [3.8, 4) is 0 Å². The van der Waals surface area contributed by atoms with Crippen LogP contribution in [0.15, 0.2) is 15.8 Å². The standard InChI is InChI=1S/C12H17N3O8S/c13-5(1-7(17)18)4-2-14(12(22)15(24)10(4)21)11-9(20)8(19)6(3-16)23-11/h2,5-6,8-9,11,16,19-20,24H,1,3,13H2,(H,17,18)/t5?,6-,8-,9-,11-/m1/s1. The molecule has 0 radical (unpaired) electrons. The number of rotatable bonds is 5. The van der Waals surface area contributed by atoms with Gasteiger partial charge in [0.25, 0.3) is 5.56 Å². The number of hydrogen-bond acceptors (Lipinski definition) is 9. The molecule has 0 amide bonds. The maximum atomic E-state index is 12.2. The number of aliphatic hydroxyl groups excluding tert-OH is 3. The molecule has 1 fully saturated rings. The molecule has 11 nitrogen and oxygen atoms in total. The first-order valence-electron chi connectivity index (χ1n) is 6.86. The van der Waals surface area contributed by atoms with Crippen LogP contribution in [0.5, 0.6) is 0 Å². The molecule has 2 heterocycles. The van der Waals surface area contributed by atoms with E-state index in [1.54, 1.807) is 0 Å². The largest absolute Gasteiger partial charge is 0.481 e. The van der Waals surface area contributed by atoms with Crippen molar-refractivity contribution in [2.24, 2.45) is 5.73 Å². The van der Waals surface area contributed by atoms with Crippen LogP contribution in [0.2, 0.25) is 0 Å². The zero-order valence-electron chi connectivity index (χ0n) is 12.2. The minimum absolute atomic E-state index is 0.232. The van der Waals surface area contributed by atoms with Gasteiger partial charge in [-0.3, -0.25) is 14.2 Å². The summed E-state index contributed by atoms with van der Waals surface area (Å²) in [7, 11) is 0. The molecule has 1 aromatic rings. The number of thiol groups is 1. The highest BCUT2D eigenvalue weighted by Crippen LogP contribution is 2.28. The number of carbonyl (C=O) groups is 1. The van der Waals surface area contributed by atoms with Crippen molar-refractivity contribution < 1.29 is 30.0 Å². The lowest BCUT2D eigenvalue weighted by atomic mass is 10.1. The number of hydrogen-bond donors (Lipinski definition) is 6. The Morgan fingerprint density at radius 3 is 2.50 bits per heavy atom. The maximum Gasteiger partial charge on any atom is 0.343 e. The van der Waals surface area contributed by atoms with Crippen LogP contribution in [0.25, 0.3) is 0 Å². The zero-order chi connectivity index (χ0) is 18.2. The van der Waals surface area contributed by atoms with E-state index in [0.29, 0.717) is 3.97 Å². The highest BCUT2D eigenvalue weighted by molar-refractivity contribution is 7.78. The van der Waals surface area contributed by atoms with E-state index in [0.717, 1.165) is 10.8 Å². The SMILES string of the molecule is NC(CC(=O)O)c1cn([C@@H]2O[C@H](CO)[C@@H](O)[C@H]2O)c(=O)n(S)c1=O. The third-order valence-corrected chi connectivity index (χ3v) is 4.06. The van der Waals surface area contributed by atoms with Gasteiger partial charge >= 0.3 is 11.7 Å². The Morgan fingerprint density at radius 1 is 1.38 bits per heavy atom. The summed E-state index contributed by atoms with van der Waals surface area (Å²) in [5.74, 6) is -1.25. The molecule has 1 aliphatic heterocycles. The number of nitrogens with zero attached hydrogens (tertiary/aromatic N) is 2. The van der Waals surface area contributed by atoms with Crippen molar-refractivity contribution in [3.05, 3.63) is 32.6 Å². The second-order valence-electron chi connectivity index (χ2n) is 5.32. The average Bonchev–Trinajstić information content (AvgIpc) is 2.80. The van der Waals surface area contributed by atoms with Gasteiger partial charge in [-0.05, 0) is 0 Å². The summed E-state index contributed by atoms with van der Waals surface area (Å²) in [5, 5.41) is 37.6. The second-order valence-corrected chi connectivity index (χ2v) is 5.72. The van der Waals surface area contributed by atoms with Crippen molar-refractivity contribution in [3.63, 3.8) is 0 Å². The van der Waals surface area contributed by atoms with Crippen molar-refractivity contribution in [2.45, 2.75) is 37.0 Å². The van der Waals surface area contributed by atoms with E-state index >= 15 is 0 Å². The lowest BCUT2D eigenvalue weighted by Crippen LogP contribution is -2.43. The number of carboxylic acid groups (broad SMARTS) is 1. The number of aliphatic carboxylic acids is 1. The molecule has 0 spiro atoms. The molecule has 0 aliphatic carbocycles. The summed E-state index contributed by atoms with van der Waals surface area (Å²) in [6.07, 6.45) is -5.16. The number of aromatic nitrogens is 2. The van der Waals surface area contributed by atoms with E-state index in [1.807, 2.05) is 0 Å². The smallest absolute Gasteiger partial charge is 0.343 e. The van der Waals surface area contributed by atoms with E-state index < -0.39 is 60.8 Å². The molecule has 0 bridgehead atoms. The monoisotopic (exact) mass is 363 g/mol. The molecule has 2 rings (SSSR count). The van der Waals surface area contributed by atoms with Gasteiger partial charge in [0.15, 0.2) is 6.23 Å². The predicted octanol–water partition coefficient (Wildman–Crippen LogP) is -3.21. The first kappa shape index (κ1) is 18.6. The van der Waals surface area contributed by atoms with Gasteiger partial charge in [0.2, 0.25) is 0 Å². The maximum absolute atomic E-state index is 12.2. The highest BCUT2D eigenvalue weighted by atomic mass is 32.1. The fourth-order valence-electron chi connectivity index (χ4n) is 2.42. The molecule has 5 atom stereocenters. The molecule has 6 N–H and O–H groups in total. The molecule has 1 aromatic heterocycles. The molecule has 24 heavy (non-hydrogen) atoms. The van der Waals surface area contributed by atoms with Gasteiger partial charge in [-0.25, -0.2) is 8.77 Å². The van der Waals surface area contributed by atoms with Crippen LogP contribution in [0.3, 0.4) is 0 Å². The summed E-state index contributed by atoms with van der Waals surface area (Å²) in [6.45, 7) is -0.602. The normalized spacial score (nSPS) is 28.0. The van der Waals surface area contributed by atoms with Gasteiger partial charge in [0.05, 0.1) is 18.6 Å². The molecule has 0 saturated carbocycles. The van der Waals surface area contributed by atoms with Gasteiger partial charge in [-0.15, -0.1) is 0 Å². The summed E-state index contributed by atoms with van der Waals surface area (Å²) < 4.78 is 6.39. The molecular formula is C12H17N3O8S.